The highest BCUT2D eigenvalue weighted by atomic mass is 35.5. The minimum absolute atomic E-state index is 0.432. The van der Waals surface area contributed by atoms with E-state index in [4.69, 9.17) is 28.2 Å². The minimum atomic E-state index is 0.432. The molecule has 6 nitrogen and oxygen atoms in total. The van der Waals surface area contributed by atoms with Gasteiger partial charge in [-0.25, -0.2) is 9.67 Å². The highest BCUT2D eigenvalue weighted by Gasteiger charge is 2.13. The largest absolute Gasteiger partial charge is 0.252 e. The molecule has 0 saturated carbocycles. The first-order valence-electron chi connectivity index (χ1n) is 7.77. The van der Waals surface area contributed by atoms with Crippen molar-refractivity contribution in [3.8, 4) is 22.5 Å². The standard InChI is InChI=1S/C18H12Cl2N6/c19-14-5-1-12(2-6-14)17-18(13-3-7-15(20)8-4-13)23-16(9-21-17)10-26-11-22-24-25-26/h1-9,11H,10H2. The lowest BCUT2D eigenvalue weighted by molar-refractivity contribution is 0.636. The second-order valence-corrected chi connectivity index (χ2v) is 6.45. The fraction of sp³-hybridized carbons (Fsp3) is 0.0556. The number of benzene rings is 2. The van der Waals surface area contributed by atoms with Crippen molar-refractivity contribution in [2.24, 2.45) is 0 Å². The molecule has 0 spiro atoms. The quantitative estimate of drug-likeness (QED) is 0.530. The summed E-state index contributed by atoms with van der Waals surface area (Å²) >= 11 is 12.0. The van der Waals surface area contributed by atoms with Gasteiger partial charge in [0.2, 0.25) is 0 Å². The van der Waals surface area contributed by atoms with Crippen LogP contribution in [0.2, 0.25) is 10.0 Å². The van der Waals surface area contributed by atoms with Gasteiger partial charge < -0.3 is 0 Å². The van der Waals surface area contributed by atoms with E-state index in [9.17, 15) is 0 Å². The molecule has 0 saturated heterocycles. The number of tetrazole rings is 1. The van der Waals surface area contributed by atoms with Crippen molar-refractivity contribution in [1.82, 2.24) is 30.2 Å². The zero-order valence-electron chi connectivity index (χ0n) is 13.4. The first-order chi connectivity index (χ1) is 12.7. The predicted molar refractivity (Wildman–Crippen MR) is 99.8 cm³/mol. The Bertz CT molecular complexity index is 1010. The van der Waals surface area contributed by atoms with Crippen LogP contribution in [0.5, 0.6) is 0 Å². The van der Waals surface area contributed by atoms with Gasteiger partial charge in [-0.3, -0.25) is 4.98 Å². The van der Waals surface area contributed by atoms with E-state index in [2.05, 4.69) is 20.5 Å². The zero-order valence-corrected chi connectivity index (χ0v) is 14.9. The topological polar surface area (TPSA) is 69.4 Å². The Hall–Kier alpha value is -2.83. The smallest absolute Gasteiger partial charge is 0.138 e. The molecule has 0 aliphatic rings. The van der Waals surface area contributed by atoms with Crippen LogP contribution in [0.25, 0.3) is 22.5 Å². The summed E-state index contributed by atoms with van der Waals surface area (Å²) in [6.07, 6.45) is 3.27. The van der Waals surface area contributed by atoms with E-state index in [1.807, 2.05) is 48.5 Å². The lowest BCUT2D eigenvalue weighted by Gasteiger charge is -2.11. The molecule has 26 heavy (non-hydrogen) atoms. The van der Waals surface area contributed by atoms with Crippen LogP contribution in [0, 0.1) is 0 Å². The molecular formula is C18H12Cl2N6. The van der Waals surface area contributed by atoms with Crippen LogP contribution in [0.3, 0.4) is 0 Å². The van der Waals surface area contributed by atoms with Crippen molar-refractivity contribution in [2.45, 2.75) is 6.54 Å². The van der Waals surface area contributed by atoms with Crippen molar-refractivity contribution in [1.29, 1.82) is 0 Å². The zero-order chi connectivity index (χ0) is 17.9. The minimum Gasteiger partial charge on any atom is -0.252 e. The average Bonchev–Trinajstić information content (AvgIpc) is 3.16. The highest BCUT2D eigenvalue weighted by molar-refractivity contribution is 6.31. The molecule has 2 aromatic carbocycles. The number of halogens is 2. The molecular weight excluding hydrogens is 371 g/mol. The van der Waals surface area contributed by atoms with Gasteiger partial charge in [0.1, 0.15) is 6.33 Å². The SMILES string of the molecule is Clc1ccc(-c2ncc(Cn3cnnn3)nc2-c2ccc(Cl)cc2)cc1. The van der Waals surface area contributed by atoms with E-state index in [1.165, 1.54) is 6.33 Å². The summed E-state index contributed by atoms with van der Waals surface area (Å²) in [5, 5.41) is 12.5. The third-order valence-corrected chi connectivity index (χ3v) is 4.28. The molecule has 0 radical (unpaired) electrons. The summed E-state index contributed by atoms with van der Waals surface area (Å²) < 4.78 is 1.59. The van der Waals surface area contributed by atoms with Crippen LogP contribution >= 0.6 is 23.2 Å². The molecule has 0 fully saturated rings. The molecule has 0 aliphatic carbocycles. The van der Waals surface area contributed by atoms with Gasteiger partial charge in [0.15, 0.2) is 0 Å². The first kappa shape index (κ1) is 16.6. The summed E-state index contributed by atoms with van der Waals surface area (Å²) in [4.78, 5) is 9.43. The number of hydrogen-bond acceptors (Lipinski definition) is 5. The normalized spacial score (nSPS) is 10.8. The molecule has 0 amide bonds. The van der Waals surface area contributed by atoms with E-state index in [1.54, 1.807) is 10.9 Å². The van der Waals surface area contributed by atoms with Gasteiger partial charge in [-0.05, 0) is 34.7 Å². The van der Waals surface area contributed by atoms with E-state index >= 15 is 0 Å². The fourth-order valence-electron chi connectivity index (χ4n) is 2.55. The van der Waals surface area contributed by atoms with Gasteiger partial charge in [0, 0.05) is 21.2 Å². The van der Waals surface area contributed by atoms with Gasteiger partial charge in [0.25, 0.3) is 0 Å². The Morgan fingerprint density at radius 3 is 2.00 bits per heavy atom. The summed E-state index contributed by atoms with van der Waals surface area (Å²) in [5.74, 6) is 0. The molecule has 2 heterocycles. The summed E-state index contributed by atoms with van der Waals surface area (Å²) in [6.45, 7) is 0.432. The molecule has 0 bridgehead atoms. The summed E-state index contributed by atoms with van der Waals surface area (Å²) in [5.41, 5.74) is 4.13. The Labute approximate surface area is 159 Å². The van der Waals surface area contributed by atoms with Crippen molar-refractivity contribution in [3.63, 3.8) is 0 Å². The number of aromatic nitrogens is 6. The van der Waals surface area contributed by atoms with Crippen molar-refractivity contribution >= 4 is 23.2 Å². The molecule has 0 N–H and O–H groups in total. The van der Waals surface area contributed by atoms with Crippen LogP contribution in [0.4, 0.5) is 0 Å². The van der Waals surface area contributed by atoms with Gasteiger partial charge in [-0.1, -0.05) is 47.5 Å². The molecule has 4 rings (SSSR count). The van der Waals surface area contributed by atoms with Crippen LogP contribution in [0.1, 0.15) is 5.69 Å². The van der Waals surface area contributed by atoms with Crippen LogP contribution in [-0.4, -0.2) is 30.2 Å². The lowest BCUT2D eigenvalue weighted by Crippen LogP contribution is -2.05. The maximum Gasteiger partial charge on any atom is 0.138 e. The highest BCUT2D eigenvalue weighted by Crippen LogP contribution is 2.30. The second-order valence-electron chi connectivity index (χ2n) is 5.58. The van der Waals surface area contributed by atoms with E-state index < -0.39 is 0 Å². The number of nitrogens with zero attached hydrogens (tertiary/aromatic N) is 6. The Kier molecular flexibility index (Phi) is 4.60. The van der Waals surface area contributed by atoms with Crippen LogP contribution in [-0.2, 0) is 6.54 Å². The van der Waals surface area contributed by atoms with E-state index in [0.29, 0.717) is 16.6 Å². The van der Waals surface area contributed by atoms with Crippen molar-refractivity contribution < 1.29 is 0 Å². The second kappa shape index (κ2) is 7.19. The molecule has 2 aromatic heterocycles. The predicted octanol–water partition coefficient (Wildman–Crippen LogP) is 4.15. The van der Waals surface area contributed by atoms with Crippen molar-refractivity contribution in [2.75, 3.05) is 0 Å². The molecule has 8 heteroatoms. The van der Waals surface area contributed by atoms with Gasteiger partial charge in [-0.15, -0.1) is 5.10 Å². The fourth-order valence-corrected chi connectivity index (χ4v) is 2.80. The Balaban J connectivity index is 1.82. The number of rotatable bonds is 4. The third-order valence-electron chi connectivity index (χ3n) is 3.77. The van der Waals surface area contributed by atoms with Gasteiger partial charge >= 0.3 is 0 Å². The summed E-state index contributed by atoms with van der Waals surface area (Å²) in [7, 11) is 0. The lowest BCUT2D eigenvalue weighted by atomic mass is 10.0. The molecule has 0 aliphatic heterocycles. The van der Waals surface area contributed by atoms with Crippen molar-refractivity contribution in [3.05, 3.63) is 76.8 Å². The molecule has 4 aromatic rings. The van der Waals surface area contributed by atoms with Crippen LogP contribution in [0.15, 0.2) is 61.1 Å². The average molecular weight is 383 g/mol. The number of hydrogen-bond donors (Lipinski definition) is 0. The van der Waals surface area contributed by atoms with Gasteiger partial charge in [0.05, 0.1) is 29.8 Å². The third kappa shape index (κ3) is 3.56. The Morgan fingerprint density at radius 1 is 0.808 bits per heavy atom. The molecule has 128 valence electrons. The molecule has 0 unspecified atom stereocenters. The Morgan fingerprint density at radius 2 is 1.42 bits per heavy atom. The summed E-state index contributed by atoms with van der Waals surface area (Å²) in [6, 6.07) is 15.0. The van der Waals surface area contributed by atoms with E-state index in [0.717, 1.165) is 28.2 Å². The maximum atomic E-state index is 6.02. The van der Waals surface area contributed by atoms with E-state index in [-0.39, 0.29) is 0 Å². The van der Waals surface area contributed by atoms with Gasteiger partial charge in [-0.2, -0.15) is 0 Å². The first-order valence-corrected chi connectivity index (χ1v) is 8.53. The monoisotopic (exact) mass is 382 g/mol. The van der Waals surface area contributed by atoms with Crippen LogP contribution < -0.4 is 0 Å². The maximum absolute atomic E-state index is 6.02. The molecule has 0 atom stereocenters.